The van der Waals surface area contributed by atoms with Gasteiger partial charge in [-0.1, -0.05) is 6.92 Å². The highest BCUT2D eigenvalue weighted by Crippen LogP contribution is 2.38. The van der Waals surface area contributed by atoms with Crippen molar-refractivity contribution in [3.8, 4) is 0 Å². The molecule has 2 saturated heterocycles. The number of hydrogen-bond acceptors (Lipinski definition) is 3. The minimum Gasteiger partial charge on any atom is -0.378 e. The molecule has 0 aromatic carbocycles. The normalized spacial score (nSPS) is 33.8. The summed E-state index contributed by atoms with van der Waals surface area (Å²) < 4.78 is 11.6. The summed E-state index contributed by atoms with van der Waals surface area (Å²) in [6, 6.07) is 0. The summed E-state index contributed by atoms with van der Waals surface area (Å²) in [5.41, 5.74) is 0.296. The predicted molar refractivity (Wildman–Crippen MR) is 78.4 cm³/mol. The first-order chi connectivity index (χ1) is 8.89. The predicted octanol–water partition coefficient (Wildman–Crippen LogP) is 2.99. The Morgan fingerprint density at radius 3 is 2.74 bits per heavy atom. The van der Waals surface area contributed by atoms with Crippen molar-refractivity contribution in [1.29, 1.82) is 0 Å². The highest BCUT2D eigenvalue weighted by atomic mass is 16.6. The zero-order valence-corrected chi connectivity index (χ0v) is 13.1. The second-order valence-electron chi connectivity index (χ2n) is 7.66. The van der Waals surface area contributed by atoms with E-state index in [1.165, 1.54) is 19.3 Å². The van der Waals surface area contributed by atoms with Crippen molar-refractivity contribution >= 4 is 0 Å². The van der Waals surface area contributed by atoms with Crippen molar-refractivity contribution in [2.45, 2.75) is 64.5 Å². The van der Waals surface area contributed by atoms with Gasteiger partial charge >= 0.3 is 0 Å². The van der Waals surface area contributed by atoms with E-state index < -0.39 is 0 Å². The molecule has 3 nitrogen and oxygen atoms in total. The van der Waals surface area contributed by atoms with Crippen LogP contribution >= 0.6 is 0 Å². The highest BCUT2D eigenvalue weighted by Gasteiger charge is 2.41. The zero-order valence-electron chi connectivity index (χ0n) is 13.1. The Morgan fingerprint density at radius 1 is 1.32 bits per heavy atom. The Kier molecular flexibility index (Phi) is 4.91. The van der Waals surface area contributed by atoms with Gasteiger partial charge < -0.3 is 14.8 Å². The first-order valence-corrected chi connectivity index (χ1v) is 7.85. The fourth-order valence-corrected chi connectivity index (χ4v) is 3.33. The summed E-state index contributed by atoms with van der Waals surface area (Å²) in [6.07, 6.45) is 4.83. The molecule has 2 rings (SSSR count). The zero-order chi connectivity index (χ0) is 13.9. The van der Waals surface area contributed by atoms with Crippen LogP contribution in [0.2, 0.25) is 0 Å². The smallest absolute Gasteiger partial charge is 0.0939 e. The Labute approximate surface area is 118 Å². The van der Waals surface area contributed by atoms with Gasteiger partial charge in [0.15, 0.2) is 0 Å². The molecule has 0 aromatic rings. The van der Waals surface area contributed by atoms with E-state index in [1.807, 2.05) is 0 Å². The van der Waals surface area contributed by atoms with Crippen LogP contribution in [-0.2, 0) is 9.47 Å². The Morgan fingerprint density at radius 2 is 2.11 bits per heavy atom. The summed E-state index contributed by atoms with van der Waals surface area (Å²) in [4.78, 5) is 0. The lowest BCUT2D eigenvalue weighted by Gasteiger charge is -2.38. The lowest BCUT2D eigenvalue weighted by atomic mass is 9.80. The molecule has 3 atom stereocenters. The van der Waals surface area contributed by atoms with Crippen molar-refractivity contribution in [1.82, 2.24) is 5.32 Å². The molecule has 2 fully saturated rings. The summed E-state index contributed by atoms with van der Waals surface area (Å²) in [5.74, 6) is 1.55. The monoisotopic (exact) mass is 269 g/mol. The third-order valence-electron chi connectivity index (χ3n) is 4.38. The van der Waals surface area contributed by atoms with E-state index in [2.05, 4.69) is 33.0 Å². The van der Waals surface area contributed by atoms with Gasteiger partial charge in [0.2, 0.25) is 0 Å². The van der Waals surface area contributed by atoms with Gasteiger partial charge in [0.25, 0.3) is 0 Å². The van der Waals surface area contributed by atoms with Crippen LogP contribution in [0.15, 0.2) is 0 Å². The number of hydrogen-bond donors (Lipinski definition) is 1. The van der Waals surface area contributed by atoms with Gasteiger partial charge in [0.05, 0.1) is 12.2 Å². The van der Waals surface area contributed by atoms with Crippen LogP contribution in [0.4, 0.5) is 0 Å². The molecule has 0 amide bonds. The lowest BCUT2D eigenvalue weighted by molar-refractivity contribution is -0.100. The molecule has 0 aromatic heterocycles. The molecular formula is C16H31NO2. The molecule has 0 radical (unpaired) electrons. The van der Waals surface area contributed by atoms with Crippen LogP contribution in [-0.4, -0.2) is 37.5 Å². The van der Waals surface area contributed by atoms with Crippen LogP contribution < -0.4 is 5.32 Å². The van der Waals surface area contributed by atoms with Crippen molar-refractivity contribution in [2.24, 2.45) is 11.8 Å². The van der Waals surface area contributed by atoms with Crippen molar-refractivity contribution in [3.63, 3.8) is 0 Å². The molecular weight excluding hydrogens is 238 g/mol. The third kappa shape index (κ3) is 4.73. The molecule has 1 spiro atoms. The largest absolute Gasteiger partial charge is 0.378 e. The first kappa shape index (κ1) is 15.3. The average molecular weight is 269 g/mol. The second-order valence-corrected chi connectivity index (χ2v) is 7.66. The molecule has 19 heavy (non-hydrogen) atoms. The maximum Gasteiger partial charge on any atom is 0.0939 e. The molecule has 3 unspecified atom stereocenters. The van der Waals surface area contributed by atoms with Crippen LogP contribution in [0.5, 0.6) is 0 Å². The minimum atomic E-state index is 0.0695. The average Bonchev–Trinajstić information content (AvgIpc) is 2.74. The van der Waals surface area contributed by atoms with Gasteiger partial charge in [-0.15, -0.1) is 0 Å². The molecule has 1 N–H and O–H groups in total. The van der Waals surface area contributed by atoms with Crippen LogP contribution in [0, 0.1) is 11.8 Å². The van der Waals surface area contributed by atoms with E-state index in [0.717, 1.165) is 44.6 Å². The van der Waals surface area contributed by atoms with Crippen LogP contribution in [0.1, 0.15) is 53.4 Å². The standard InChI is InChI=1S/C16H31NO2/c1-13(11-17-15(2,3)4)9-14-5-7-19-16(10-14)6-8-18-12-16/h13-14,17H,5-12H2,1-4H3. The number of rotatable bonds is 4. The van der Waals surface area contributed by atoms with E-state index in [9.17, 15) is 0 Å². The minimum absolute atomic E-state index is 0.0695. The molecule has 0 bridgehead atoms. The maximum atomic E-state index is 6.01. The Bertz CT molecular complexity index is 279. The summed E-state index contributed by atoms with van der Waals surface area (Å²) in [5, 5.41) is 3.62. The lowest BCUT2D eigenvalue weighted by Crippen LogP contribution is -2.42. The highest BCUT2D eigenvalue weighted by molar-refractivity contribution is 4.90. The number of ether oxygens (including phenoxy) is 2. The van der Waals surface area contributed by atoms with Gasteiger partial charge in [-0.2, -0.15) is 0 Å². The van der Waals surface area contributed by atoms with E-state index in [1.54, 1.807) is 0 Å². The van der Waals surface area contributed by atoms with Crippen molar-refractivity contribution in [2.75, 3.05) is 26.4 Å². The Balaban J connectivity index is 1.75. The van der Waals surface area contributed by atoms with Gasteiger partial charge in [0.1, 0.15) is 0 Å². The van der Waals surface area contributed by atoms with Gasteiger partial charge in [-0.3, -0.25) is 0 Å². The van der Waals surface area contributed by atoms with Crippen molar-refractivity contribution < 1.29 is 9.47 Å². The van der Waals surface area contributed by atoms with E-state index in [4.69, 9.17) is 9.47 Å². The molecule has 2 aliphatic rings. The van der Waals surface area contributed by atoms with Gasteiger partial charge in [-0.05, 0) is 58.4 Å². The fraction of sp³-hybridized carbons (Fsp3) is 1.00. The van der Waals surface area contributed by atoms with Gasteiger partial charge in [0, 0.05) is 25.2 Å². The molecule has 0 aliphatic carbocycles. The summed E-state index contributed by atoms with van der Waals surface area (Å²) in [6.45, 7) is 12.8. The molecule has 3 heteroatoms. The van der Waals surface area contributed by atoms with Gasteiger partial charge in [-0.25, -0.2) is 0 Å². The van der Waals surface area contributed by atoms with E-state index in [0.29, 0.717) is 0 Å². The third-order valence-corrected chi connectivity index (χ3v) is 4.38. The molecule has 0 saturated carbocycles. The molecule has 112 valence electrons. The number of nitrogens with one attached hydrogen (secondary N) is 1. The summed E-state index contributed by atoms with van der Waals surface area (Å²) >= 11 is 0. The van der Waals surface area contributed by atoms with E-state index >= 15 is 0 Å². The molecule has 2 heterocycles. The van der Waals surface area contributed by atoms with E-state index in [-0.39, 0.29) is 11.1 Å². The van der Waals surface area contributed by atoms with Crippen LogP contribution in [0.25, 0.3) is 0 Å². The first-order valence-electron chi connectivity index (χ1n) is 7.85. The second kappa shape index (κ2) is 6.11. The quantitative estimate of drug-likeness (QED) is 0.851. The SMILES string of the molecule is CC(CNC(C)(C)C)CC1CCOC2(CCOC2)C1. The Hall–Kier alpha value is -0.120. The molecule has 2 aliphatic heterocycles. The fourth-order valence-electron chi connectivity index (χ4n) is 3.33. The summed E-state index contributed by atoms with van der Waals surface area (Å²) in [7, 11) is 0. The van der Waals surface area contributed by atoms with Crippen LogP contribution in [0.3, 0.4) is 0 Å². The van der Waals surface area contributed by atoms with Crippen molar-refractivity contribution in [3.05, 3.63) is 0 Å². The topological polar surface area (TPSA) is 30.5 Å². The maximum absolute atomic E-state index is 6.01.